The molecule has 1 fully saturated rings. The van der Waals surface area contributed by atoms with Crippen molar-refractivity contribution in [3.63, 3.8) is 0 Å². The number of aromatic nitrogens is 1. The summed E-state index contributed by atoms with van der Waals surface area (Å²) in [7, 11) is 0. The van der Waals surface area contributed by atoms with Crippen molar-refractivity contribution in [1.29, 1.82) is 0 Å². The Hall–Kier alpha value is -2.12. The molecule has 4 heteroatoms. The van der Waals surface area contributed by atoms with Crippen LogP contribution in [0.5, 0.6) is 0 Å². The smallest absolute Gasteiger partial charge is 0.222 e. The van der Waals surface area contributed by atoms with Crippen LogP contribution in [0, 0.1) is 17.8 Å². The van der Waals surface area contributed by atoms with E-state index in [0.29, 0.717) is 24.2 Å². The van der Waals surface area contributed by atoms with Crippen LogP contribution in [0.1, 0.15) is 12.5 Å². The molecule has 3 rings (SSSR count). The minimum Gasteiger partial charge on any atom is -0.341 e. The average Bonchev–Trinajstić information content (AvgIpc) is 2.63. The second-order valence-corrected chi connectivity index (χ2v) is 5.93. The summed E-state index contributed by atoms with van der Waals surface area (Å²) in [5.74, 6) is 6.35. The average molecular weight is 340 g/mol. The van der Waals surface area contributed by atoms with Gasteiger partial charge in [-0.2, -0.15) is 0 Å². The molecule has 0 saturated carbocycles. The monoisotopic (exact) mass is 339 g/mol. The van der Waals surface area contributed by atoms with Crippen LogP contribution in [0.2, 0.25) is 5.02 Å². The number of hydrogen-bond acceptors (Lipinski definition) is 3. The van der Waals surface area contributed by atoms with Gasteiger partial charge in [-0.1, -0.05) is 41.8 Å². The standard InChI is InChI=1S/C20H18ClNO2/c1-2-3-16-13-23-20(24-14-16)11-5-15-4-10-19(22-12-15)17-6-8-18(21)9-7-17/h2-4,6-10,12,16,20H,13-14H2,1H3. The maximum Gasteiger partial charge on any atom is 0.222 e. The third-order valence-electron chi connectivity index (χ3n) is 3.63. The van der Waals surface area contributed by atoms with E-state index in [9.17, 15) is 0 Å². The van der Waals surface area contributed by atoms with Gasteiger partial charge < -0.3 is 9.47 Å². The molecular weight excluding hydrogens is 322 g/mol. The third kappa shape index (κ3) is 4.46. The summed E-state index contributed by atoms with van der Waals surface area (Å²) in [5, 5.41) is 0.713. The molecule has 0 atom stereocenters. The van der Waals surface area contributed by atoms with Crippen LogP contribution < -0.4 is 0 Å². The molecule has 0 bridgehead atoms. The summed E-state index contributed by atoms with van der Waals surface area (Å²) in [6.45, 7) is 3.27. The van der Waals surface area contributed by atoms with Crippen molar-refractivity contribution in [3.05, 3.63) is 65.3 Å². The van der Waals surface area contributed by atoms with E-state index in [2.05, 4.69) is 22.9 Å². The van der Waals surface area contributed by atoms with Crippen molar-refractivity contribution in [2.45, 2.75) is 13.2 Å². The van der Waals surface area contributed by atoms with E-state index < -0.39 is 6.29 Å². The first-order chi connectivity index (χ1) is 11.7. The number of nitrogens with zero attached hydrogens (tertiary/aromatic N) is 1. The first kappa shape index (κ1) is 16.7. The number of halogens is 1. The van der Waals surface area contributed by atoms with Gasteiger partial charge in [0.15, 0.2) is 0 Å². The van der Waals surface area contributed by atoms with Crippen molar-refractivity contribution in [2.75, 3.05) is 13.2 Å². The molecule has 1 aromatic heterocycles. The molecule has 24 heavy (non-hydrogen) atoms. The lowest BCUT2D eigenvalue weighted by atomic mass is 10.1. The quantitative estimate of drug-likeness (QED) is 0.603. The van der Waals surface area contributed by atoms with Crippen LogP contribution in [0.3, 0.4) is 0 Å². The van der Waals surface area contributed by atoms with Gasteiger partial charge in [-0.25, -0.2) is 0 Å². The summed E-state index contributed by atoms with van der Waals surface area (Å²) in [6, 6.07) is 11.5. The van der Waals surface area contributed by atoms with Crippen molar-refractivity contribution in [3.8, 4) is 23.1 Å². The molecule has 1 aliphatic rings. The van der Waals surface area contributed by atoms with Crippen molar-refractivity contribution < 1.29 is 9.47 Å². The predicted octanol–water partition coefficient (Wildman–Crippen LogP) is 4.32. The lowest BCUT2D eigenvalue weighted by molar-refractivity contribution is -0.160. The molecule has 1 aromatic carbocycles. The molecule has 0 unspecified atom stereocenters. The molecule has 3 nitrogen and oxygen atoms in total. The first-order valence-electron chi connectivity index (χ1n) is 7.84. The van der Waals surface area contributed by atoms with Crippen molar-refractivity contribution >= 4 is 11.6 Å². The Morgan fingerprint density at radius 3 is 2.50 bits per heavy atom. The molecule has 0 spiro atoms. The molecule has 2 aromatic rings. The fraction of sp³-hybridized carbons (Fsp3) is 0.250. The highest BCUT2D eigenvalue weighted by molar-refractivity contribution is 6.30. The van der Waals surface area contributed by atoms with Crippen LogP contribution in [0.4, 0.5) is 0 Å². The van der Waals surface area contributed by atoms with Crippen LogP contribution in [0.15, 0.2) is 54.7 Å². The minimum atomic E-state index is -0.470. The zero-order chi connectivity index (χ0) is 16.8. The van der Waals surface area contributed by atoms with E-state index in [4.69, 9.17) is 21.1 Å². The maximum absolute atomic E-state index is 5.90. The van der Waals surface area contributed by atoms with E-state index in [1.807, 2.05) is 49.4 Å². The largest absolute Gasteiger partial charge is 0.341 e. The van der Waals surface area contributed by atoms with Gasteiger partial charge in [0, 0.05) is 28.3 Å². The molecule has 2 heterocycles. The van der Waals surface area contributed by atoms with Gasteiger partial charge in [0.25, 0.3) is 0 Å². The Balaban J connectivity index is 1.62. The molecule has 122 valence electrons. The highest BCUT2D eigenvalue weighted by Gasteiger charge is 2.18. The molecule has 1 saturated heterocycles. The fourth-order valence-electron chi connectivity index (χ4n) is 2.39. The fourth-order valence-corrected chi connectivity index (χ4v) is 2.51. The Bertz CT molecular complexity index is 749. The highest BCUT2D eigenvalue weighted by Crippen LogP contribution is 2.19. The Kier molecular flexibility index (Phi) is 5.66. The lowest BCUT2D eigenvalue weighted by Gasteiger charge is -2.24. The topological polar surface area (TPSA) is 31.4 Å². The molecule has 0 N–H and O–H groups in total. The predicted molar refractivity (Wildman–Crippen MR) is 95.6 cm³/mol. The maximum atomic E-state index is 5.90. The van der Waals surface area contributed by atoms with Gasteiger partial charge in [-0.15, -0.1) is 0 Å². The summed E-state index contributed by atoms with van der Waals surface area (Å²) < 4.78 is 11.2. The van der Waals surface area contributed by atoms with E-state index in [0.717, 1.165) is 16.8 Å². The summed E-state index contributed by atoms with van der Waals surface area (Å²) in [4.78, 5) is 4.44. The van der Waals surface area contributed by atoms with E-state index in [1.54, 1.807) is 6.20 Å². The molecule has 0 radical (unpaired) electrons. The number of pyridine rings is 1. The van der Waals surface area contributed by atoms with Crippen LogP contribution in [-0.4, -0.2) is 24.5 Å². The van der Waals surface area contributed by atoms with Gasteiger partial charge in [0.2, 0.25) is 6.29 Å². The summed E-state index contributed by atoms with van der Waals surface area (Å²) in [6.07, 6.45) is 5.38. The first-order valence-corrected chi connectivity index (χ1v) is 8.22. The van der Waals surface area contributed by atoms with Gasteiger partial charge in [-0.05, 0) is 37.1 Å². The van der Waals surface area contributed by atoms with Gasteiger partial charge in [0.05, 0.1) is 18.9 Å². The highest BCUT2D eigenvalue weighted by atomic mass is 35.5. The number of hydrogen-bond donors (Lipinski definition) is 0. The number of ether oxygens (including phenoxy) is 2. The number of rotatable bonds is 2. The second kappa shape index (κ2) is 8.12. The molecule has 1 aliphatic heterocycles. The summed E-state index contributed by atoms with van der Waals surface area (Å²) in [5.41, 5.74) is 2.74. The SMILES string of the molecule is CC=CC1COC(C#Cc2ccc(-c3ccc(Cl)cc3)nc2)OC1. The van der Waals surface area contributed by atoms with Crippen molar-refractivity contribution in [1.82, 2.24) is 4.98 Å². The Morgan fingerprint density at radius 1 is 1.12 bits per heavy atom. The zero-order valence-electron chi connectivity index (χ0n) is 13.4. The van der Waals surface area contributed by atoms with Crippen molar-refractivity contribution in [2.24, 2.45) is 5.92 Å². The normalized spacial score (nSPS) is 20.6. The molecule has 0 aliphatic carbocycles. The third-order valence-corrected chi connectivity index (χ3v) is 3.88. The van der Waals surface area contributed by atoms with Gasteiger partial charge in [0.1, 0.15) is 0 Å². The van der Waals surface area contributed by atoms with Crippen LogP contribution in [0.25, 0.3) is 11.3 Å². The van der Waals surface area contributed by atoms with E-state index in [1.165, 1.54) is 0 Å². The van der Waals surface area contributed by atoms with Gasteiger partial charge >= 0.3 is 0 Å². The van der Waals surface area contributed by atoms with Crippen LogP contribution in [-0.2, 0) is 9.47 Å². The minimum absolute atomic E-state index is 0.313. The molecular formula is C20H18ClNO2. The number of benzene rings is 1. The van der Waals surface area contributed by atoms with E-state index >= 15 is 0 Å². The van der Waals surface area contributed by atoms with Gasteiger partial charge in [-0.3, -0.25) is 4.98 Å². The lowest BCUT2D eigenvalue weighted by Crippen LogP contribution is -2.30. The zero-order valence-corrected chi connectivity index (χ0v) is 14.2. The second-order valence-electron chi connectivity index (χ2n) is 5.49. The van der Waals surface area contributed by atoms with E-state index in [-0.39, 0.29) is 0 Å². The van der Waals surface area contributed by atoms with Crippen LogP contribution >= 0.6 is 11.6 Å². The summed E-state index contributed by atoms with van der Waals surface area (Å²) >= 11 is 5.90. The Morgan fingerprint density at radius 2 is 1.88 bits per heavy atom. The Labute approximate surface area is 147 Å². The number of allylic oxidation sites excluding steroid dienone is 1. The molecule has 0 amide bonds.